The molecular formula is C19H34N2. The molecule has 0 saturated heterocycles. The van der Waals surface area contributed by atoms with Crippen LogP contribution in [0.15, 0.2) is 24.3 Å². The Hall–Kier alpha value is -0.860. The lowest BCUT2D eigenvalue weighted by Gasteiger charge is -2.39. The summed E-state index contributed by atoms with van der Waals surface area (Å²) in [6.45, 7) is 15.3. The fraction of sp³-hybridized carbons (Fsp3) is 0.684. The van der Waals surface area contributed by atoms with Gasteiger partial charge in [0.1, 0.15) is 0 Å². The van der Waals surface area contributed by atoms with Crippen LogP contribution in [0, 0.1) is 10.8 Å². The van der Waals surface area contributed by atoms with Crippen molar-refractivity contribution in [1.82, 2.24) is 0 Å². The van der Waals surface area contributed by atoms with Gasteiger partial charge in [-0.25, -0.2) is 0 Å². The van der Waals surface area contributed by atoms with Crippen LogP contribution < -0.4 is 11.5 Å². The molecule has 0 unspecified atom stereocenters. The topological polar surface area (TPSA) is 52.0 Å². The van der Waals surface area contributed by atoms with Crippen LogP contribution in [0.5, 0.6) is 0 Å². The van der Waals surface area contributed by atoms with E-state index in [0.29, 0.717) is 0 Å². The van der Waals surface area contributed by atoms with Crippen LogP contribution in [0.2, 0.25) is 0 Å². The normalized spacial score (nSPS) is 15.1. The van der Waals surface area contributed by atoms with Crippen LogP contribution in [0.4, 0.5) is 0 Å². The van der Waals surface area contributed by atoms with E-state index >= 15 is 0 Å². The van der Waals surface area contributed by atoms with E-state index in [2.05, 4.69) is 72.7 Å². The Balaban J connectivity index is 2.87. The van der Waals surface area contributed by atoms with Gasteiger partial charge >= 0.3 is 0 Å². The molecular weight excluding hydrogens is 256 g/mol. The Morgan fingerprint density at radius 1 is 0.952 bits per heavy atom. The molecule has 1 aromatic carbocycles. The quantitative estimate of drug-likeness (QED) is 0.864. The predicted octanol–water partition coefficient (Wildman–Crippen LogP) is 3.91. The predicted molar refractivity (Wildman–Crippen MR) is 93.3 cm³/mol. The Morgan fingerprint density at radius 2 is 1.48 bits per heavy atom. The molecule has 0 fully saturated rings. The fourth-order valence-corrected chi connectivity index (χ4v) is 2.16. The van der Waals surface area contributed by atoms with Crippen molar-refractivity contribution >= 4 is 0 Å². The van der Waals surface area contributed by atoms with Gasteiger partial charge in [0.25, 0.3) is 0 Å². The SMILES string of the molecule is CC(C)(C)[C@@H](N)Cc1cccc(CC(C)(C)C(C)(C)N)c1. The van der Waals surface area contributed by atoms with E-state index in [4.69, 9.17) is 11.5 Å². The maximum Gasteiger partial charge on any atom is 0.0152 e. The lowest BCUT2D eigenvalue weighted by Crippen LogP contribution is -2.48. The molecule has 0 bridgehead atoms. The highest BCUT2D eigenvalue weighted by Crippen LogP contribution is 2.32. The van der Waals surface area contributed by atoms with Gasteiger partial charge in [-0.15, -0.1) is 0 Å². The summed E-state index contributed by atoms with van der Waals surface area (Å²) in [5, 5.41) is 0. The second-order valence-electron chi connectivity index (χ2n) is 8.78. The van der Waals surface area contributed by atoms with Crippen molar-refractivity contribution in [2.75, 3.05) is 0 Å². The molecule has 120 valence electrons. The molecule has 0 spiro atoms. The first-order valence-corrected chi connectivity index (χ1v) is 7.95. The highest BCUT2D eigenvalue weighted by molar-refractivity contribution is 5.26. The Bertz CT molecular complexity index is 461. The average molecular weight is 290 g/mol. The number of hydrogen-bond donors (Lipinski definition) is 2. The third kappa shape index (κ3) is 5.12. The monoisotopic (exact) mass is 290 g/mol. The van der Waals surface area contributed by atoms with Crippen molar-refractivity contribution in [3.8, 4) is 0 Å². The van der Waals surface area contributed by atoms with Gasteiger partial charge in [0.15, 0.2) is 0 Å². The summed E-state index contributed by atoms with van der Waals surface area (Å²) in [4.78, 5) is 0. The van der Waals surface area contributed by atoms with Crippen LogP contribution >= 0.6 is 0 Å². The lowest BCUT2D eigenvalue weighted by atomic mass is 9.71. The van der Waals surface area contributed by atoms with Crippen molar-refractivity contribution in [1.29, 1.82) is 0 Å². The first kappa shape index (κ1) is 18.2. The minimum absolute atomic E-state index is 0.0533. The number of benzene rings is 1. The van der Waals surface area contributed by atoms with Gasteiger partial charge in [-0.2, -0.15) is 0 Å². The zero-order valence-electron chi connectivity index (χ0n) is 15.0. The lowest BCUT2D eigenvalue weighted by molar-refractivity contribution is 0.201. The van der Waals surface area contributed by atoms with E-state index in [9.17, 15) is 0 Å². The molecule has 1 aromatic rings. The molecule has 2 heteroatoms. The molecule has 0 heterocycles. The summed E-state index contributed by atoms with van der Waals surface area (Å²) >= 11 is 0. The van der Waals surface area contributed by atoms with Crippen molar-refractivity contribution in [2.24, 2.45) is 22.3 Å². The maximum atomic E-state index is 6.32. The molecule has 0 amide bonds. The van der Waals surface area contributed by atoms with Gasteiger partial charge in [0.05, 0.1) is 0 Å². The molecule has 2 nitrogen and oxygen atoms in total. The van der Waals surface area contributed by atoms with E-state index in [0.717, 1.165) is 12.8 Å². The summed E-state index contributed by atoms with van der Waals surface area (Å²) in [5.74, 6) is 0. The number of hydrogen-bond acceptors (Lipinski definition) is 2. The van der Waals surface area contributed by atoms with E-state index in [1.807, 2.05) is 0 Å². The number of rotatable bonds is 5. The van der Waals surface area contributed by atoms with Crippen LogP contribution in [0.1, 0.15) is 59.6 Å². The van der Waals surface area contributed by atoms with Crippen LogP contribution in [0.25, 0.3) is 0 Å². The highest BCUT2D eigenvalue weighted by atomic mass is 14.7. The third-order valence-corrected chi connectivity index (χ3v) is 4.95. The first-order chi connectivity index (χ1) is 9.33. The van der Waals surface area contributed by atoms with Crippen molar-refractivity contribution in [3.63, 3.8) is 0 Å². The van der Waals surface area contributed by atoms with E-state index in [-0.39, 0.29) is 22.4 Å². The largest absolute Gasteiger partial charge is 0.327 e. The van der Waals surface area contributed by atoms with Gasteiger partial charge in [-0.3, -0.25) is 0 Å². The zero-order chi connectivity index (χ0) is 16.5. The summed E-state index contributed by atoms with van der Waals surface area (Å²) in [6.07, 6.45) is 1.90. The second kappa shape index (κ2) is 6.10. The van der Waals surface area contributed by atoms with Gasteiger partial charge in [0, 0.05) is 11.6 Å². The molecule has 0 aliphatic carbocycles. The summed E-state index contributed by atoms with van der Waals surface area (Å²) in [6, 6.07) is 8.97. The van der Waals surface area contributed by atoms with E-state index in [1.54, 1.807) is 0 Å². The summed E-state index contributed by atoms with van der Waals surface area (Å²) in [7, 11) is 0. The smallest absolute Gasteiger partial charge is 0.0152 e. The molecule has 0 radical (unpaired) electrons. The molecule has 0 saturated carbocycles. The third-order valence-electron chi connectivity index (χ3n) is 4.95. The van der Waals surface area contributed by atoms with Crippen molar-refractivity contribution < 1.29 is 0 Å². The molecule has 1 atom stereocenters. The van der Waals surface area contributed by atoms with E-state index < -0.39 is 0 Å². The first-order valence-electron chi connectivity index (χ1n) is 7.95. The zero-order valence-corrected chi connectivity index (χ0v) is 15.0. The van der Waals surface area contributed by atoms with Gasteiger partial charge in [-0.1, -0.05) is 58.9 Å². The van der Waals surface area contributed by atoms with Crippen LogP contribution in [-0.2, 0) is 12.8 Å². The molecule has 0 aromatic heterocycles. The van der Waals surface area contributed by atoms with Crippen molar-refractivity contribution in [2.45, 2.75) is 72.9 Å². The van der Waals surface area contributed by atoms with E-state index in [1.165, 1.54) is 11.1 Å². The minimum atomic E-state index is -0.204. The number of nitrogens with two attached hydrogens (primary N) is 2. The van der Waals surface area contributed by atoms with Gasteiger partial charge in [0.2, 0.25) is 0 Å². The van der Waals surface area contributed by atoms with Crippen molar-refractivity contribution in [3.05, 3.63) is 35.4 Å². The van der Waals surface area contributed by atoms with Crippen LogP contribution in [0.3, 0.4) is 0 Å². The van der Waals surface area contributed by atoms with Gasteiger partial charge < -0.3 is 11.5 Å². The minimum Gasteiger partial charge on any atom is -0.327 e. The maximum absolute atomic E-state index is 6.32. The summed E-state index contributed by atoms with van der Waals surface area (Å²) < 4.78 is 0. The summed E-state index contributed by atoms with van der Waals surface area (Å²) in [5.41, 5.74) is 15.3. The molecule has 0 aliphatic heterocycles. The fourth-order valence-electron chi connectivity index (χ4n) is 2.16. The standard InChI is InChI=1S/C19H34N2/c1-17(2,3)16(20)12-14-9-8-10-15(11-14)13-18(4,5)19(6,7)21/h8-11,16H,12-13,20-21H2,1-7H3/t16-/m0/s1. The van der Waals surface area contributed by atoms with Gasteiger partial charge in [-0.05, 0) is 48.6 Å². The Labute approximate surface area is 131 Å². The molecule has 4 N–H and O–H groups in total. The Kier molecular flexibility index (Phi) is 5.28. The Morgan fingerprint density at radius 3 is 1.95 bits per heavy atom. The molecule has 1 rings (SSSR count). The second-order valence-corrected chi connectivity index (χ2v) is 8.78. The molecule has 21 heavy (non-hydrogen) atoms. The highest BCUT2D eigenvalue weighted by Gasteiger charge is 2.33. The average Bonchev–Trinajstić information content (AvgIpc) is 2.25. The molecule has 0 aliphatic rings. The van der Waals surface area contributed by atoms with Crippen LogP contribution in [-0.4, -0.2) is 11.6 Å².